The molecule has 0 radical (unpaired) electrons. The Morgan fingerprint density at radius 2 is 1.93 bits per heavy atom. The molecule has 0 bridgehead atoms. The van der Waals surface area contributed by atoms with E-state index >= 15 is 0 Å². The van der Waals surface area contributed by atoms with Gasteiger partial charge in [-0.1, -0.05) is 18.2 Å². The van der Waals surface area contributed by atoms with Gasteiger partial charge in [0, 0.05) is 11.1 Å². The predicted octanol–water partition coefficient (Wildman–Crippen LogP) is 2.12. The van der Waals surface area contributed by atoms with Crippen molar-refractivity contribution in [2.24, 2.45) is 0 Å². The van der Waals surface area contributed by atoms with Crippen LogP contribution < -0.4 is 15.7 Å². The molecule has 2 aromatic carbocycles. The fourth-order valence-electron chi connectivity index (χ4n) is 3.08. The third kappa shape index (κ3) is 3.41. The topological polar surface area (TPSA) is 122 Å². The molecule has 29 heavy (non-hydrogen) atoms. The lowest BCUT2D eigenvalue weighted by Crippen LogP contribution is -2.18. The molecule has 4 rings (SSSR count). The molecule has 4 aromatic rings. The van der Waals surface area contributed by atoms with Crippen molar-refractivity contribution >= 4 is 23.4 Å². The maximum Gasteiger partial charge on any atom is 0.328 e. The SMILES string of the molecule is COc1ccccc1Cn1c(=O)[nH]c2c(NC=O)nc(-c3ccc(O)cc3)nc21. The molecule has 0 aliphatic carbocycles. The number of nitrogens with one attached hydrogen (secondary N) is 2. The van der Waals surface area contributed by atoms with E-state index in [2.05, 4.69) is 20.3 Å². The van der Waals surface area contributed by atoms with Crippen molar-refractivity contribution in [3.8, 4) is 22.9 Å². The molecule has 0 spiro atoms. The van der Waals surface area contributed by atoms with Gasteiger partial charge in [-0.25, -0.2) is 14.8 Å². The van der Waals surface area contributed by atoms with E-state index in [1.54, 1.807) is 19.2 Å². The number of anilines is 1. The Bertz CT molecular complexity index is 1240. The number of para-hydroxylation sites is 1. The Kier molecular flexibility index (Phi) is 4.70. The van der Waals surface area contributed by atoms with Gasteiger partial charge in [0.1, 0.15) is 17.0 Å². The third-order valence-corrected chi connectivity index (χ3v) is 4.46. The summed E-state index contributed by atoms with van der Waals surface area (Å²) in [4.78, 5) is 35.3. The third-order valence-electron chi connectivity index (χ3n) is 4.46. The number of aromatic amines is 1. The number of aromatic hydroxyl groups is 1. The molecule has 0 aliphatic rings. The first-order valence-corrected chi connectivity index (χ1v) is 8.72. The van der Waals surface area contributed by atoms with Crippen LogP contribution in [0.5, 0.6) is 11.5 Å². The van der Waals surface area contributed by atoms with E-state index in [4.69, 9.17) is 4.74 Å². The zero-order valence-corrected chi connectivity index (χ0v) is 15.4. The summed E-state index contributed by atoms with van der Waals surface area (Å²) in [7, 11) is 1.56. The number of hydrogen-bond acceptors (Lipinski definition) is 6. The lowest BCUT2D eigenvalue weighted by Gasteiger charge is -2.10. The average molecular weight is 391 g/mol. The monoisotopic (exact) mass is 391 g/mol. The van der Waals surface area contributed by atoms with Crippen LogP contribution in [-0.4, -0.2) is 38.1 Å². The van der Waals surface area contributed by atoms with Crippen molar-refractivity contribution < 1.29 is 14.6 Å². The van der Waals surface area contributed by atoms with Gasteiger partial charge < -0.3 is 20.1 Å². The molecule has 0 aliphatic heterocycles. The van der Waals surface area contributed by atoms with Crippen LogP contribution in [0.1, 0.15) is 5.56 Å². The fourth-order valence-corrected chi connectivity index (χ4v) is 3.08. The number of phenols is 1. The molecule has 0 unspecified atom stereocenters. The molecule has 2 aromatic heterocycles. The molecular formula is C20H17N5O4. The van der Waals surface area contributed by atoms with Crippen LogP contribution >= 0.6 is 0 Å². The van der Waals surface area contributed by atoms with Crippen LogP contribution in [0, 0.1) is 0 Å². The minimum Gasteiger partial charge on any atom is -0.508 e. The Labute approximate surface area is 164 Å². The van der Waals surface area contributed by atoms with Crippen molar-refractivity contribution in [3.05, 3.63) is 64.6 Å². The highest BCUT2D eigenvalue weighted by Gasteiger charge is 2.17. The van der Waals surface area contributed by atoms with E-state index < -0.39 is 5.69 Å². The molecular weight excluding hydrogens is 374 g/mol. The van der Waals surface area contributed by atoms with Gasteiger partial charge in [0.05, 0.1) is 13.7 Å². The van der Waals surface area contributed by atoms with Crippen LogP contribution in [0.2, 0.25) is 0 Å². The van der Waals surface area contributed by atoms with E-state index in [1.165, 1.54) is 16.7 Å². The molecule has 9 heteroatoms. The number of imidazole rings is 1. The number of H-pyrrole nitrogens is 1. The number of rotatable bonds is 6. The van der Waals surface area contributed by atoms with Crippen LogP contribution in [0.3, 0.4) is 0 Å². The van der Waals surface area contributed by atoms with Crippen molar-refractivity contribution in [2.75, 3.05) is 12.4 Å². The summed E-state index contributed by atoms with van der Waals surface area (Å²) >= 11 is 0. The number of fused-ring (bicyclic) bond motifs is 1. The summed E-state index contributed by atoms with van der Waals surface area (Å²) in [5, 5.41) is 12.0. The lowest BCUT2D eigenvalue weighted by molar-refractivity contribution is -0.105. The highest BCUT2D eigenvalue weighted by molar-refractivity contribution is 5.90. The average Bonchev–Trinajstić information content (AvgIpc) is 3.05. The second kappa shape index (κ2) is 7.47. The number of phenolic OH excluding ortho intramolecular Hbond substituents is 1. The standard InChI is InChI=1S/C20H17N5O4/c1-29-15-5-3-2-4-13(15)10-25-19-16(22-20(25)28)18(21-11-26)23-17(24-19)12-6-8-14(27)9-7-12/h2-9,11,27H,10H2,1H3,(H,22,28)(H,21,23,24,26). The van der Waals surface area contributed by atoms with Gasteiger partial charge in [-0.15, -0.1) is 0 Å². The number of aromatic nitrogens is 4. The predicted molar refractivity (Wildman–Crippen MR) is 107 cm³/mol. The van der Waals surface area contributed by atoms with Gasteiger partial charge in [0.2, 0.25) is 6.41 Å². The van der Waals surface area contributed by atoms with Crippen molar-refractivity contribution in [3.63, 3.8) is 0 Å². The minimum atomic E-state index is -0.392. The van der Waals surface area contributed by atoms with Crippen molar-refractivity contribution in [2.45, 2.75) is 6.54 Å². The van der Waals surface area contributed by atoms with Crippen LogP contribution in [0.15, 0.2) is 53.3 Å². The maximum atomic E-state index is 12.6. The van der Waals surface area contributed by atoms with E-state index in [1.807, 2.05) is 24.3 Å². The second-order valence-electron chi connectivity index (χ2n) is 6.23. The normalized spacial score (nSPS) is 10.8. The number of ether oxygens (including phenoxy) is 1. The summed E-state index contributed by atoms with van der Waals surface area (Å²) in [6.07, 6.45) is 0.484. The largest absolute Gasteiger partial charge is 0.508 e. The highest BCUT2D eigenvalue weighted by atomic mass is 16.5. The van der Waals surface area contributed by atoms with E-state index in [0.717, 1.165) is 5.56 Å². The summed E-state index contributed by atoms with van der Waals surface area (Å²) in [5.41, 5.74) is 1.68. The van der Waals surface area contributed by atoms with Crippen molar-refractivity contribution in [1.82, 2.24) is 19.5 Å². The molecule has 0 saturated heterocycles. The Morgan fingerprint density at radius 1 is 1.17 bits per heavy atom. The molecule has 2 heterocycles. The molecule has 0 saturated carbocycles. The number of methoxy groups -OCH3 is 1. The zero-order chi connectivity index (χ0) is 20.4. The number of nitrogens with zero attached hydrogens (tertiary/aromatic N) is 3. The number of carbonyl (C=O) groups is 1. The highest BCUT2D eigenvalue weighted by Crippen LogP contribution is 2.25. The zero-order valence-electron chi connectivity index (χ0n) is 15.4. The summed E-state index contributed by atoms with van der Waals surface area (Å²) in [6.45, 7) is 0.218. The Morgan fingerprint density at radius 3 is 2.66 bits per heavy atom. The molecule has 9 nitrogen and oxygen atoms in total. The fraction of sp³-hybridized carbons (Fsp3) is 0.100. The quantitative estimate of drug-likeness (QED) is 0.433. The first-order chi connectivity index (χ1) is 14.1. The maximum absolute atomic E-state index is 12.6. The molecule has 0 atom stereocenters. The summed E-state index contributed by atoms with van der Waals surface area (Å²) in [6, 6.07) is 13.7. The second-order valence-corrected chi connectivity index (χ2v) is 6.23. The van der Waals surface area contributed by atoms with Gasteiger partial charge in [0.25, 0.3) is 0 Å². The van der Waals surface area contributed by atoms with E-state index in [0.29, 0.717) is 34.7 Å². The number of carbonyl (C=O) groups excluding carboxylic acids is 1. The molecule has 0 fully saturated rings. The van der Waals surface area contributed by atoms with Gasteiger partial charge in [-0.3, -0.25) is 9.36 Å². The van der Waals surface area contributed by atoms with Gasteiger partial charge in [-0.05, 0) is 30.3 Å². The smallest absolute Gasteiger partial charge is 0.328 e. The Hall–Kier alpha value is -4.14. The number of benzene rings is 2. The van der Waals surface area contributed by atoms with Crippen molar-refractivity contribution in [1.29, 1.82) is 0 Å². The summed E-state index contributed by atoms with van der Waals surface area (Å²) < 4.78 is 6.83. The van der Waals surface area contributed by atoms with E-state index in [9.17, 15) is 14.7 Å². The first-order valence-electron chi connectivity index (χ1n) is 8.72. The van der Waals surface area contributed by atoms with Crippen LogP contribution in [0.4, 0.5) is 5.82 Å². The number of hydrogen-bond donors (Lipinski definition) is 3. The minimum absolute atomic E-state index is 0.107. The first kappa shape index (κ1) is 18.2. The molecule has 146 valence electrons. The Balaban J connectivity index is 1.91. The number of amides is 1. The summed E-state index contributed by atoms with van der Waals surface area (Å²) in [5.74, 6) is 1.24. The molecule has 3 N–H and O–H groups in total. The van der Waals surface area contributed by atoms with Gasteiger partial charge in [-0.2, -0.15) is 0 Å². The van der Waals surface area contributed by atoms with Crippen LogP contribution in [-0.2, 0) is 11.3 Å². The lowest BCUT2D eigenvalue weighted by atomic mass is 10.2. The van der Waals surface area contributed by atoms with E-state index in [-0.39, 0.29) is 18.1 Å². The van der Waals surface area contributed by atoms with Crippen LogP contribution in [0.25, 0.3) is 22.6 Å². The molecule has 1 amide bonds. The van der Waals surface area contributed by atoms with Gasteiger partial charge >= 0.3 is 5.69 Å². The van der Waals surface area contributed by atoms with Gasteiger partial charge in [0.15, 0.2) is 17.3 Å².